The summed E-state index contributed by atoms with van der Waals surface area (Å²) in [6.45, 7) is 4.36. The van der Waals surface area contributed by atoms with Gasteiger partial charge in [0.15, 0.2) is 0 Å². The monoisotopic (exact) mass is 172 g/mol. The molecular formula is C11H12N2. The minimum absolute atomic E-state index is 0.548. The van der Waals surface area contributed by atoms with E-state index in [0.717, 1.165) is 11.0 Å². The number of nitrogens with zero attached hydrogens (tertiary/aromatic N) is 2. The molecule has 13 heavy (non-hydrogen) atoms. The molecule has 1 aromatic carbocycles. The number of hydrogen-bond donors (Lipinski definition) is 0. The molecule has 2 aromatic rings. The Morgan fingerprint density at radius 2 is 1.69 bits per heavy atom. The van der Waals surface area contributed by atoms with Crippen molar-refractivity contribution in [3.63, 3.8) is 0 Å². The molecule has 0 saturated carbocycles. The fourth-order valence-corrected chi connectivity index (χ4v) is 1.34. The molecule has 0 amide bonds. The van der Waals surface area contributed by atoms with E-state index in [2.05, 4.69) is 35.9 Å². The van der Waals surface area contributed by atoms with E-state index in [9.17, 15) is 0 Å². The smallest absolute Gasteiger partial charge is 0.0889 e. The fourth-order valence-electron chi connectivity index (χ4n) is 1.34. The van der Waals surface area contributed by atoms with Crippen LogP contribution >= 0.6 is 0 Å². The van der Waals surface area contributed by atoms with Crippen LogP contribution in [0, 0.1) is 0 Å². The Hall–Kier alpha value is -1.44. The zero-order valence-electron chi connectivity index (χ0n) is 7.86. The molecule has 0 unspecified atom stereocenters. The van der Waals surface area contributed by atoms with Gasteiger partial charge in [-0.2, -0.15) is 0 Å². The largest absolute Gasteiger partial charge is 0.253 e. The summed E-state index contributed by atoms with van der Waals surface area (Å²) < 4.78 is 0. The highest BCUT2D eigenvalue weighted by Gasteiger charge is 2.00. The second kappa shape index (κ2) is 3.13. The van der Waals surface area contributed by atoms with E-state index in [4.69, 9.17) is 0 Å². The van der Waals surface area contributed by atoms with E-state index >= 15 is 0 Å². The number of aromatic nitrogens is 2. The highest BCUT2D eigenvalue weighted by molar-refractivity contribution is 5.74. The quantitative estimate of drug-likeness (QED) is 0.661. The maximum absolute atomic E-state index is 4.26. The molecule has 0 spiro atoms. The highest BCUT2D eigenvalue weighted by Crippen LogP contribution is 2.17. The van der Waals surface area contributed by atoms with E-state index in [0.29, 0.717) is 5.92 Å². The predicted octanol–water partition coefficient (Wildman–Crippen LogP) is 2.75. The minimum atomic E-state index is 0.548. The lowest BCUT2D eigenvalue weighted by atomic mass is 10.0. The van der Waals surface area contributed by atoms with E-state index in [1.165, 1.54) is 5.56 Å². The Bertz CT molecular complexity index is 421. The summed E-state index contributed by atoms with van der Waals surface area (Å²) >= 11 is 0. The molecule has 2 nitrogen and oxygen atoms in total. The van der Waals surface area contributed by atoms with E-state index in [1.54, 1.807) is 12.4 Å². The molecule has 0 aliphatic rings. The van der Waals surface area contributed by atoms with Gasteiger partial charge >= 0.3 is 0 Å². The van der Waals surface area contributed by atoms with Crippen LogP contribution in [0.25, 0.3) is 11.0 Å². The SMILES string of the molecule is CC(C)c1ccc2nccnc2c1. The zero-order chi connectivity index (χ0) is 9.26. The molecule has 0 aliphatic carbocycles. The first-order valence-electron chi connectivity index (χ1n) is 4.48. The third-order valence-electron chi connectivity index (χ3n) is 2.16. The predicted molar refractivity (Wildman–Crippen MR) is 53.6 cm³/mol. The molecule has 0 atom stereocenters. The first-order chi connectivity index (χ1) is 6.27. The van der Waals surface area contributed by atoms with Crippen molar-refractivity contribution in [2.24, 2.45) is 0 Å². The van der Waals surface area contributed by atoms with Crippen LogP contribution in [0.3, 0.4) is 0 Å². The van der Waals surface area contributed by atoms with Gasteiger partial charge in [-0.3, -0.25) is 9.97 Å². The lowest BCUT2D eigenvalue weighted by Crippen LogP contribution is -1.89. The van der Waals surface area contributed by atoms with Crippen LogP contribution in [0.5, 0.6) is 0 Å². The zero-order valence-corrected chi connectivity index (χ0v) is 7.86. The fraction of sp³-hybridized carbons (Fsp3) is 0.273. The molecule has 2 rings (SSSR count). The van der Waals surface area contributed by atoms with Gasteiger partial charge in [0.1, 0.15) is 0 Å². The lowest BCUT2D eigenvalue weighted by molar-refractivity contribution is 0.868. The molecule has 2 heteroatoms. The second-order valence-electron chi connectivity index (χ2n) is 3.46. The van der Waals surface area contributed by atoms with Gasteiger partial charge in [0.05, 0.1) is 11.0 Å². The Morgan fingerprint density at radius 3 is 2.38 bits per heavy atom. The van der Waals surface area contributed by atoms with Gasteiger partial charge in [0, 0.05) is 12.4 Å². The summed E-state index contributed by atoms with van der Waals surface area (Å²) in [5, 5.41) is 0. The van der Waals surface area contributed by atoms with E-state index < -0.39 is 0 Å². The van der Waals surface area contributed by atoms with Crippen molar-refractivity contribution in [2.75, 3.05) is 0 Å². The van der Waals surface area contributed by atoms with Crippen molar-refractivity contribution in [3.05, 3.63) is 36.2 Å². The molecule has 0 bridgehead atoms. The second-order valence-corrected chi connectivity index (χ2v) is 3.46. The minimum Gasteiger partial charge on any atom is -0.253 e. The van der Waals surface area contributed by atoms with E-state index in [-0.39, 0.29) is 0 Å². The summed E-state index contributed by atoms with van der Waals surface area (Å²) in [7, 11) is 0. The average molecular weight is 172 g/mol. The third kappa shape index (κ3) is 1.52. The van der Waals surface area contributed by atoms with Gasteiger partial charge in [-0.1, -0.05) is 19.9 Å². The Kier molecular flexibility index (Phi) is 1.97. The van der Waals surface area contributed by atoms with Crippen molar-refractivity contribution < 1.29 is 0 Å². The van der Waals surface area contributed by atoms with Crippen molar-refractivity contribution in [1.82, 2.24) is 9.97 Å². The average Bonchev–Trinajstić information content (AvgIpc) is 2.17. The Labute approximate surface area is 77.6 Å². The van der Waals surface area contributed by atoms with Crippen molar-refractivity contribution >= 4 is 11.0 Å². The first kappa shape index (κ1) is 8.17. The van der Waals surface area contributed by atoms with Gasteiger partial charge < -0.3 is 0 Å². The van der Waals surface area contributed by atoms with Crippen LogP contribution in [0.2, 0.25) is 0 Å². The van der Waals surface area contributed by atoms with Crippen LogP contribution in [0.15, 0.2) is 30.6 Å². The molecule has 1 heterocycles. The normalized spacial score (nSPS) is 11.0. The standard InChI is InChI=1S/C11H12N2/c1-8(2)9-3-4-10-11(7-9)13-6-5-12-10/h3-8H,1-2H3. The van der Waals surface area contributed by atoms with Crippen LogP contribution < -0.4 is 0 Å². The van der Waals surface area contributed by atoms with Gasteiger partial charge in [-0.25, -0.2) is 0 Å². The Balaban J connectivity index is 2.62. The summed E-state index contributed by atoms with van der Waals surface area (Å²) in [5.74, 6) is 0.548. The van der Waals surface area contributed by atoms with Gasteiger partial charge in [-0.05, 0) is 23.6 Å². The number of hydrogen-bond acceptors (Lipinski definition) is 2. The maximum atomic E-state index is 4.26. The van der Waals surface area contributed by atoms with Gasteiger partial charge in [-0.15, -0.1) is 0 Å². The summed E-state index contributed by atoms with van der Waals surface area (Å²) in [4.78, 5) is 8.48. The molecule has 0 radical (unpaired) electrons. The maximum Gasteiger partial charge on any atom is 0.0889 e. The summed E-state index contributed by atoms with van der Waals surface area (Å²) in [5.41, 5.74) is 3.26. The molecular weight excluding hydrogens is 160 g/mol. The van der Waals surface area contributed by atoms with Crippen molar-refractivity contribution in [1.29, 1.82) is 0 Å². The lowest BCUT2D eigenvalue weighted by Gasteiger charge is -2.04. The molecule has 0 N–H and O–H groups in total. The number of fused-ring (bicyclic) bond motifs is 1. The van der Waals surface area contributed by atoms with Gasteiger partial charge in [0.25, 0.3) is 0 Å². The molecule has 1 aromatic heterocycles. The van der Waals surface area contributed by atoms with Crippen LogP contribution in [-0.4, -0.2) is 9.97 Å². The highest BCUT2D eigenvalue weighted by atomic mass is 14.8. The van der Waals surface area contributed by atoms with Crippen LogP contribution in [-0.2, 0) is 0 Å². The molecule has 0 aliphatic heterocycles. The van der Waals surface area contributed by atoms with E-state index in [1.807, 2.05) is 6.07 Å². The number of benzene rings is 1. The van der Waals surface area contributed by atoms with Crippen molar-refractivity contribution in [2.45, 2.75) is 19.8 Å². The Morgan fingerprint density at radius 1 is 1.00 bits per heavy atom. The molecule has 0 fully saturated rings. The summed E-state index contributed by atoms with van der Waals surface area (Å²) in [6.07, 6.45) is 3.45. The van der Waals surface area contributed by atoms with Crippen molar-refractivity contribution in [3.8, 4) is 0 Å². The molecule has 66 valence electrons. The van der Waals surface area contributed by atoms with Gasteiger partial charge in [0.2, 0.25) is 0 Å². The summed E-state index contributed by atoms with van der Waals surface area (Å²) in [6, 6.07) is 6.24. The topological polar surface area (TPSA) is 25.8 Å². The molecule has 0 saturated heterocycles. The first-order valence-corrected chi connectivity index (χ1v) is 4.48. The number of rotatable bonds is 1. The van der Waals surface area contributed by atoms with Crippen LogP contribution in [0.1, 0.15) is 25.3 Å². The third-order valence-corrected chi connectivity index (χ3v) is 2.16. The van der Waals surface area contributed by atoms with Crippen LogP contribution in [0.4, 0.5) is 0 Å².